The zero-order valence-corrected chi connectivity index (χ0v) is 22.2. The van der Waals surface area contributed by atoms with Gasteiger partial charge < -0.3 is 9.64 Å². The lowest BCUT2D eigenvalue weighted by Gasteiger charge is -2.29. The van der Waals surface area contributed by atoms with Crippen LogP contribution in [0.4, 0.5) is 30.7 Å². The maximum Gasteiger partial charge on any atom is 0.573 e. The molecule has 4 nitrogen and oxygen atoms in total. The van der Waals surface area contributed by atoms with Crippen LogP contribution in [0.25, 0.3) is 0 Å². The fourth-order valence-electron chi connectivity index (χ4n) is 4.74. The quantitative estimate of drug-likeness (QED) is 0.268. The Morgan fingerprint density at radius 3 is 2.20 bits per heavy atom. The van der Waals surface area contributed by atoms with Gasteiger partial charge in [-0.3, -0.25) is 9.69 Å². The summed E-state index contributed by atoms with van der Waals surface area (Å²) >= 11 is 12.3. The molecule has 1 aliphatic heterocycles. The zero-order valence-electron chi connectivity index (χ0n) is 20.7. The summed E-state index contributed by atoms with van der Waals surface area (Å²) in [6.07, 6.45) is -9.70. The average molecular weight is 609 g/mol. The highest BCUT2D eigenvalue weighted by Gasteiger charge is 2.39. The first-order chi connectivity index (χ1) is 18.6. The van der Waals surface area contributed by atoms with Crippen molar-refractivity contribution in [2.45, 2.75) is 31.0 Å². The molecular weight excluding hydrogens is 588 g/mol. The topological polar surface area (TPSA) is 32.8 Å². The minimum atomic E-state index is -4.87. The molecule has 1 heterocycles. The molecule has 3 aromatic rings. The summed E-state index contributed by atoms with van der Waals surface area (Å²) in [6.45, 7) is 0.446. The van der Waals surface area contributed by atoms with Gasteiger partial charge in [0.1, 0.15) is 11.6 Å². The number of benzene rings is 3. The standard InChI is InChI=1S/C27H21Cl2F7N2O2/c1-37(12-15-2-8-20(23(30)10-15)26(31,32)33)24-14-38(13-19(24)17-5-9-21(28)22(29)11-17)25(39)16-3-6-18(7-4-16)40-27(34,35)36/h2-11,19,24H,12-14H2,1H3/t19-,24+/m1/s1. The van der Waals surface area contributed by atoms with E-state index in [0.717, 1.165) is 23.8 Å². The number of likely N-dealkylation sites (N-methyl/N-ethyl adjacent to an activating group) is 1. The molecule has 40 heavy (non-hydrogen) atoms. The van der Waals surface area contributed by atoms with Gasteiger partial charge in [0, 0.05) is 37.2 Å². The van der Waals surface area contributed by atoms with Crippen LogP contribution in [0, 0.1) is 5.82 Å². The molecule has 1 saturated heterocycles. The second kappa shape index (κ2) is 11.5. The molecular formula is C27H21Cl2F7N2O2. The van der Waals surface area contributed by atoms with Crippen molar-refractivity contribution in [2.75, 3.05) is 20.1 Å². The second-order valence-corrected chi connectivity index (χ2v) is 10.2. The maximum absolute atomic E-state index is 14.2. The van der Waals surface area contributed by atoms with E-state index in [1.807, 2.05) is 0 Å². The summed E-state index contributed by atoms with van der Waals surface area (Å²) in [5.74, 6) is -2.63. The normalized spacial score (nSPS) is 17.9. The first-order valence-corrected chi connectivity index (χ1v) is 12.5. The first kappa shape index (κ1) is 30.0. The van der Waals surface area contributed by atoms with Crippen molar-refractivity contribution in [1.29, 1.82) is 0 Å². The fourth-order valence-corrected chi connectivity index (χ4v) is 5.05. The number of carbonyl (C=O) groups is 1. The van der Waals surface area contributed by atoms with E-state index in [1.54, 1.807) is 30.1 Å². The van der Waals surface area contributed by atoms with Gasteiger partial charge in [-0.15, -0.1) is 13.2 Å². The summed E-state index contributed by atoms with van der Waals surface area (Å²) in [6, 6.07) is 11.9. The van der Waals surface area contributed by atoms with E-state index in [4.69, 9.17) is 23.2 Å². The van der Waals surface area contributed by atoms with E-state index in [0.29, 0.717) is 16.7 Å². The molecule has 2 atom stereocenters. The van der Waals surface area contributed by atoms with E-state index >= 15 is 0 Å². The van der Waals surface area contributed by atoms with Gasteiger partial charge in [-0.25, -0.2) is 4.39 Å². The highest BCUT2D eigenvalue weighted by molar-refractivity contribution is 6.42. The zero-order chi connectivity index (χ0) is 29.4. The molecule has 214 valence electrons. The molecule has 4 rings (SSSR count). The molecule has 0 unspecified atom stereocenters. The molecule has 0 N–H and O–H groups in total. The fraction of sp³-hybridized carbons (Fsp3) is 0.296. The van der Waals surface area contributed by atoms with Gasteiger partial charge in [0.2, 0.25) is 0 Å². The number of nitrogens with zero attached hydrogens (tertiary/aromatic N) is 2. The Hall–Kier alpha value is -3.02. The van der Waals surface area contributed by atoms with Crippen molar-refractivity contribution in [3.63, 3.8) is 0 Å². The lowest BCUT2D eigenvalue weighted by molar-refractivity contribution is -0.274. The van der Waals surface area contributed by atoms with Crippen LogP contribution in [0.3, 0.4) is 0 Å². The number of alkyl halides is 6. The molecule has 0 aromatic heterocycles. The number of rotatable bonds is 6. The molecule has 0 aliphatic carbocycles. The summed E-state index contributed by atoms with van der Waals surface area (Å²) in [7, 11) is 1.70. The molecule has 13 heteroatoms. The van der Waals surface area contributed by atoms with Gasteiger partial charge in [-0.05, 0) is 66.7 Å². The van der Waals surface area contributed by atoms with Crippen molar-refractivity contribution < 1.29 is 40.3 Å². The van der Waals surface area contributed by atoms with Gasteiger partial charge >= 0.3 is 12.5 Å². The monoisotopic (exact) mass is 608 g/mol. The molecule has 1 aliphatic rings. The third-order valence-electron chi connectivity index (χ3n) is 6.62. The van der Waals surface area contributed by atoms with Gasteiger partial charge in [-0.2, -0.15) is 13.2 Å². The summed E-state index contributed by atoms with van der Waals surface area (Å²) in [4.78, 5) is 16.6. The average Bonchev–Trinajstić information content (AvgIpc) is 3.30. The van der Waals surface area contributed by atoms with Crippen LogP contribution in [0.5, 0.6) is 5.75 Å². The lowest BCUT2D eigenvalue weighted by Crippen LogP contribution is -2.38. The molecule has 0 saturated carbocycles. The predicted octanol–water partition coefficient (Wildman–Crippen LogP) is 7.79. The highest BCUT2D eigenvalue weighted by atomic mass is 35.5. The molecule has 3 aromatic carbocycles. The lowest BCUT2D eigenvalue weighted by atomic mass is 9.93. The Morgan fingerprint density at radius 1 is 0.950 bits per heavy atom. The Kier molecular flexibility index (Phi) is 8.58. The van der Waals surface area contributed by atoms with Crippen LogP contribution in [-0.4, -0.2) is 48.2 Å². The SMILES string of the molecule is CN(Cc1ccc(C(F)(F)F)c(F)c1)[C@H]1CN(C(=O)c2ccc(OC(F)(F)F)cc2)C[C@@H]1c1ccc(Cl)c(Cl)c1. The molecule has 0 radical (unpaired) electrons. The number of amides is 1. The van der Waals surface area contributed by atoms with Crippen LogP contribution in [0.2, 0.25) is 10.0 Å². The number of likely N-dealkylation sites (tertiary alicyclic amines) is 1. The molecule has 1 amide bonds. The van der Waals surface area contributed by atoms with E-state index in [1.165, 1.54) is 23.1 Å². The van der Waals surface area contributed by atoms with Crippen LogP contribution in [0.15, 0.2) is 60.7 Å². The van der Waals surface area contributed by atoms with Gasteiger partial charge in [-0.1, -0.05) is 35.3 Å². The Labute approximate surface area is 234 Å². The number of ether oxygens (including phenoxy) is 1. The van der Waals surface area contributed by atoms with Crippen LogP contribution in [-0.2, 0) is 12.7 Å². The summed E-state index contributed by atoms with van der Waals surface area (Å²) < 4.78 is 94.4. The number of carbonyl (C=O) groups excluding carboxylic acids is 1. The van der Waals surface area contributed by atoms with Crippen molar-refractivity contribution >= 4 is 29.1 Å². The predicted molar refractivity (Wildman–Crippen MR) is 135 cm³/mol. The van der Waals surface area contributed by atoms with Crippen molar-refractivity contribution in [3.05, 3.63) is 98.8 Å². The number of halogens is 9. The van der Waals surface area contributed by atoms with Crippen LogP contribution in [0.1, 0.15) is 33.0 Å². The Balaban J connectivity index is 1.58. The summed E-state index contributed by atoms with van der Waals surface area (Å²) in [5, 5.41) is 0.609. The minimum absolute atomic E-state index is 0.0725. The number of hydrogen-bond acceptors (Lipinski definition) is 3. The smallest absolute Gasteiger partial charge is 0.406 e. The Bertz CT molecular complexity index is 1380. The van der Waals surface area contributed by atoms with Crippen LogP contribution < -0.4 is 4.74 Å². The maximum atomic E-state index is 14.2. The first-order valence-electron chi connectivity index (χ1n) is 11.8. The van der Waals surface area contributed by atoms with Crippen molar-refractivity contribution in [2.24, 2.45) is 0 Å². The van der Waals surface area contributed by atoms with Gasteiger partial charge in [0.15, 0.2) is 0 Å². The highest BCUT2D eigenvalue weighted by Crippen LogP contribution is 2.36. The van der Waals surface area contributed by atoms with E-state index in [2.05, 4.69) is 4.74 Å². The van der Waals surface area contributed by atoms with E-state index in [9.17, 15) is 35.5 Å². The largest absolute Gasteiger partial charge is 0.573 e. The van der Waals surface area contributed by atoms with E-state index < -0.39 is 35.6 Å². The van der Waals surface area contributed by atoms with Crippen molar-refractivity contribution in [3.8, 4) is 5.75 Å². The molecule has 1 fully saturated rings. The molecule has 0 spiro atoms. The van der Waals surface area contributed by atoms with E-state index in [-0.39, 0.29) is 42.2 Å². The van der Waals surface area contributed by atoms with Crippen molar-refractivity contribution in [1.82, 2.24) is 9.80 Å². The van der Waals surface area contributed by atoms with Gasteiger partial charge in [0.05, 0.1) is 15.6 Å². The Morgan fingerprint density at radius 2 is 1.62 bits per heavy atom. The third-order valence-corrected chi connectivity index (χ3v) is 7.36. The minimum Gasteiger partial charge on any atom is -0.406 e. The van der Waals surface area contributed by atoms with Gasteiger partial charge in [0.25, 0.3) is 5.91 Å². The number of hydrogen-bond donors (Lipinski definition) is 0. The second-order valence-electron chi connectivity index (χ2n) is 9.36. The molecule has 0 bridgehead atoms. The van der Waals surface area contributed by atoms with Crippen LogP contribution >= 0.6 is 23.2 Å². The summed E-state index contributed by atoms with van der Waals surface area (Å²) in [5.41, 5.74) is -0.188. The third kappa shape index (κ3) is 7.00.